The van der Waals surface area contributed by atoms with Crippen LogP contribution in [0.25, 0.3) is 0 Å². The smallest absolute Gasteiger partial charge is 0.0584 e. The molecular formula is C18H23NO. The second-order valence-corrected chi connectivity index (χ2v) is 5.61. The molecule has 2 rings (SSSR count). The van der Waals surface area contributed by atoms with Gasteiger partial charge in [0.25, 0.3) is 0 Å². The van der Waals surface area contributed by atoms with Crippen LogP contribution in [0.3, 0.4) is 0 Å². The molecule has 0 saturated carbocycles. The van der Waals surface area contributed by atoms with Crippen LogP contribution in [-0.2, 0) is 12.8 Å². The van der Waals surface area contributed by atoms with Crippen LogP contribution in [-0.4, -0.2) is 16.2 Å². The predicted molar refractivity (Wildman–Crippen MR) is 82.8 cm³/mol. The van der Waals surface area contributed by atoms with Gasteiger partial charge >= 0.3 is 0 Å². The van der Waals surface area contributed by atoms with Gasteiger partial charge in [0, 0.05) is 11.9 Å². The summed E-state index contributed by atoms with van der Waals surface area (Å²) in [4.78, 5) is 4.28. The first-order valence-electron chi connectivity index (χ1n) is 7.32. The summed E-state index contributed by atoms with van der Waals surface area (Å²) in [5.74, 6) is 0.554. The fourth-order valence-corrected chi connectivity index (χ4v) is 2.27. The van der Waals surface area contributed by atoms with E-state index < -0.39 is 0 Å². The van der Waals surface area contributed by atoms with Gasteiger partial charge < -0.3 is 5.11 Å². The Kier molecular flexibility index (Phi) is 5.31. The lowest BCUT2D eigenvalue weighted by molar-refractivity contribution is 0.165. The average Bonchev–Trinajstić information content (AvgIpc) is 2.47. The Bertz CT molecular complexity index is 505. The van der Waals surface area contributed by atoms with Crippen molar-refractivity contribution in [2.24, 2.45) is 0 Å². The molecule has 1 N–H and O–H groups in total. The summed E-state index contributed by atoms with van der Waals surface area (Å²) >= 11 is 0. The number of hydrogen-bond donors (Lipinski definition) is 1. The van der Waals surface area contributed by atoms with E-state index in [1.165, 1.54) is 11.1 Å². The quantitative estimate of drug-likeness (QED) is 0.866. The fraction of sp³-hybridized carbons (Fsp3) is 0.389. The van der Waals surface area contributed by atoms with Crippen molar-refractivity contribution in [3.05, 3.63) is 65.5 Å². The Balaban J connectivity index is 1.83. The van der Waals surface area contributed by atoms with E-state index in [4.69, 9.17) is 0 Å². The summed E-state index contributed by atoms with van der Waals surface area (Å²) in [6, 6.07) is 14.5. The second kappa shape index (κ2) is 7.20. The minimum absolute atomic E-state index is 0.304. The topological polar surface area (TPSA) is 33.1 Å². The number of aromatic nitrogens is 1. The molecular weight excluding hydrogens is 246 g/mol. The van der Waals surface area contributed by atoms with E-state index >= 15 is 0 Å². The SMILES string of the molecule is CC(C)c1ccc(CC(O)CCc2ccccn2)cc1. The second-order valence-electron chi connectivity index (χ2n) is 5.61. The van der Waals surface area contributed by atoms with Crippen molar-refractivity contribution in [3.63, 3.8) is 0 Å². The molecule has 0 aliphatic heterocycles. The number of hydrogen-bond acceptors (Lipinski definition) is 2. The maximum Gasteiger partial charge on any atom is 0.0584 e. The molecule has 2 aromatic rings. The zero-order valence-electron chi connectivity index (χ0n) is 12.3. The van der Waals surface area contributed by atoms with Crippen LogP contribution in [0.4, 0.5) is 0 Å². The van der Waals surface area contributed by atoms with Crippen LogP contribution in [0.5, 0.6) is 0 Å². The number of aliphatic hydroxyl groups is 1. The highest BCUT2D eigenvalue weighted by atomic mass is 16.3. The number of aliphatic hydroxyl groups excluding tert-OH is 1. The normalized spacial score (nSPS) is 12.6. The fourth-order valence-electron chi connectivity index (χ4n) is 2.27. The van der Waals surface area contributed by atoms with E-state index in [0.29, 0.717) is 12.3 Å². The van der Waals surface area contributed by atoms with Gasteiger partial charge in [-0.3, -0.25) is 4.98 Å². The maximum absolute atomic E-state index is 10.1. The first-order valence-corrected chi connectivity index (χ1v) is 7.32. The summed E-state index contributed by atoms with van der Waals surface area (Å²) in [6.45, 7) is 4.38. The first-order chi connectivity index (χ1) is 9.65. The van der Waals surface area contributed by atoms with Crippen LogP contribution < -0.4 is 0 Å². The number of benzene rings is 1. The van der Waals surface area contributed by atoms with E-state index in [1.807, 2.05) is 18.2 Å². The molecule has 1 aromatic carbocycles. The van der Waals surface area contributed by atoms with Gasteiger partial charge in [0.15, 0.2) is 0 Å². The number of aryl methyl sites for hydroxylation is 1. The summed E-state index contributed by atoms with van der Waals surface area (Å²) in [5, 5.41) is 10.1. The van der Waals surface area contributed by atoms with Gasteiger partial charge in [0.1, 0.15) is 0 Å². The van der Waals surface area contributed by atoms with Crippen molar-refractivity contribution in [2.45, 2.75) is 45.1 Å². The largest absolute Gasteiger partial charge is 0.393 e. The maximum atomic E-state index is 10.1. The van der Waals surface area contributed by atoms with Gasteiger partial charge in [-0.05, 0) is 48.4 Å². The molecule has 1 atom stereocenters. The van der Waals surface area contributed by atoms with Crippen molar-refractivity contribution in [1.29, 1.82) is 0 Å². The van der Waals surface area contributed by atoms with Crippen molar-refractivity contribution in [2.75, 3.05) is 0 Å². The minimum Gasteiger partial charge on any atom is -0.393 e. The third-order valence-corrected chi connectivity index (χ3v) is 3.58. The zero-order valence-corrected chi connectivity index (χ0v) is 12.3. The van der Waals surface area contributed by atoms with Crippen LogP contribution in [0, 0.1) is 0 Å². The first kappa shape index (κ1) is 14.7. The zero-order chi connectivity index (χ0) is 14.4. The van der Waals surface area contributed by atoms with Gasteiger partial charge in [-0.1, -0.05) is 44.2 Å². The molecule has 1 aromatic heterocycles. The number of rotatable bonds is 6. The van der Waals surface area contributed by atoms with E-state index in [-0.39, 0.29) is 6.10 Å². The summed E-state index contributed by atoms with van der Waals surface area (Å²) < 4.78 is 0. The summed E-state index contributed by atoms with van der Waals surface area (Å²) in [7, 11) is 0. The Morgan fingerprint density at radius 2 is 1.80 bits per heavy atom. The number of nitrogens with zero attached hydrogens (tertiary/aromatic N) is 1. The highest BCUT2D eigenvalue weighted by Crippen LogP contribution is 2.16. The van der Waals surface area contributed by atoms with E-state index in [9.17, 15) is 5.11 Å². The Morgan fingerprint density at radius 1 is 1.05 bits per heavy atom. The molecule has 0 radical (unpaired) electrons. The molecule has 2 nitrogen and oxygen atoms in total. The van der Waals surface area contributed by atoms with Crippen molar-refractivity contribution >= 4 is 0 Å². The lowest BCUT2D eigenvalue weighted by atomic mass is 9.98. The molecule has 0 fully saturated rings. The number of pyridine rings is 1. The molecule has 0 amide bonds. The molecule has 0 aliphatic carbocycles. The van der Waals surface area contributed by atoms with Crippen LogP contribution in [0.1, 0.15) is 43.0 Å². The Morgan fingerprint density at radius 3 is 2.40 bits per heavy atom. The molecule has 20 heavy (non-hydrogen) atoms. The van der Waals surface area contributed by atoms with Gasteiger partial charge in [-0.2, -0.15) is 0 Å². The van der Waals surface area contributed by atoms with Gasteiger partial charge in [0.2, 0.25) is 0 Å². The Labute approximate surface area is 121 Å². The molecule has 1 heterocycles. The van der Waals surface area contributed by atoms with E-state index in [0.717, 1.165) is 18.5 Å². The van der Waals surface area contributed by atoms with Crippen molar-refractivity contribution in [3.8, 4) is 0 Å². The summed E-state index contributed by atoms with van der Waals surface area (Å²) in [5.41, 5.74) is 3.58. The van der Waals surface area contributed by atoms with Crippen molar-refractivity contribution in [1.82, 2.24) is 4.98 Å². The molecule has 0 aliphatic rings. The van der Waals surface area contributed by atoms with Crippen LogP contribution in [0.15, 0.2) is 48.7 Å². The van der Waals surface area contributed by atoms with Gasteiger partial charge in [-0.25, -0.2) is 0 Å². The molecule has 106 valence electrons. The van der Waals surface area contributed by atoms with Crippen LogP contribution in [0.2, 0.25) is 0 Å². The molecule has 0 saturated heterocycles. The lowest BCUT2D eigenvalue weighted by Crippen LogP contribution is -2.12. The molecule has 1 unspecified atom stereocenters. The molecule has 0 bridgehead atoms. The predicted octanol–water partition coefficient (Wildman–Crippen LogP) is 3.74. The van der Waals surface area contributed by atoms with Gasteiger partial charge in [0.05, 0.1) is 6.10 Å². The molecule has 2 heteroatoms. The highest BCUT2D eigenvalue weighted by Gasteiger charge is 2.07. The van der Waals surface area contributed by atoms with Crippen molar-refractivity contribution < 1.29 is 5.11 Å². The van der Waals surface area contributed by atoms with Gasteiger partial charge in [-0.15, -0.1) is 0 Å². The highest BCUT2D eigenvalue weighted by molar-refractivity contribution is 5.25. The lowest BCUT2D eigenvalue weighted by Gasteiger charge is -2.11. The summed E-state index contributed by atoms with van der Waals surface area (Å²) in [6.07, 6.45) is 3.79. The average molecular weight is 269 g/mol. The van der Waals surface area contributed by atoms with E-state index in [1.54, 1.807) is 6.20 Å². The Hall–Kier alpha value is -1.67. The molecule has 0 spiro atoms. The van der Waals surface area contributed by atoms with E-state index in [2.05, 4.69) is 43.1 Å². The minimum atomic E-state index is -0.304. The standard InChI is InChI=1S/C18H23NO/c1-14(2)16-8-6-15(7-9-16)13-18(20)11-10-17-5-3-4-12-19-17/h3-9,12,14,18,20H,10-11,13H2,1-2H3. The third-order valence-electron chi connectivity index (χ3n) is 3.58. The monoisotopic (exact) mass is 269 g/mol. The van der Waals surface area contributed by atoms with Crippen LogP contribution >= 0.6 is 0 Å². The third kappa shape index (κ3) is 4.46.